The smallest absolute Gasteiger partial charge is 0.0218 e. The molecule has 1 N–H and O–H groups in total. The fraction of sp³-hybridized carbons (Fsp3) is 1.00. The fourth-order valence-corrected chi connectivity index (χ4v) is 2.78. The number of likely N-dealkylation sites (N-methyl/N-ethyl adjacent to an activating group) is 1. The van der Waals surface area contributed by atoms with Crippen LogP contribution >= 0.6 is 0 Å². The van der Waals surface area contributed by atoms with Gasteiger partial charge in [0.25, 0.3) is 0 Å². The molecular formula is C14H29N3. The number of hydrogen-bond acceptors (Lipinski definition) is 3. The summed E-state index contributed by atoms with van der Waals surface area (Å²) >= 11 is 0. The van der Waals surface area contributed by atoms with Gasteiger partial charge in [-0.25, -0.2) is 0 Å². The molecule has 2 aliphatic rings. The molecule has 0 bridgehead atoms. The topological polar surface area (TPSA) is 18.5 Å². The maximum Gasteiger partial charge on any atom is 0.0218 e. The second-order valence-electron chi connectivity index (χ2n) is 6.09. The molecule has 1 aliphatic carbocycles. The molecular weight excluding hydrogens is 210 g/mol. The molecule has 1 saturated carbocycles. The van der Waals surface area contributed by atoms with E-state index in [1.54, 1.807) is 0 Å². The van der Waals surface area contributed by atoms with Gasteiger partial charge in [-0.3, -0.25) is 0 Å². The Labute approximate surface area is 107 Å². The van der Waals surface area contributed by atoms with Gasteiger partial charge in [-0.05, 0) is 38.8 Å². The van der Waals surface area contributed by atoms with E-state index in [9.17, 15) is 0 Å². The van der Waals surface area contributed by atoms with Crippen molar-refractivity contribution in [1.29, 1.82) is 0 Å². The zero-order valence-corrected chi connectivity index (χ0v) is 11.8. The summed E-state index contributed by atoms with van der Waals surface area (Å²) in [5.41, 5.74) is 0. The van der Waals surface area contributed by atoms with Crippen LogP contribution in [0.3, 0.4) is 0 Å². The Hall–Kier alpha value is -0.120. The average Bonchev–Trinajstić information content (AvgIpc) is 3.13. The van der Waals surface area contributed by atoms with Crippen LogP contribution in [0.4, 0.5) is 0 Å². The zero-order chi connectivity index (χ0) is 12.3. The number of rotatable bonds is 6. The Balaban J connectivity index is 1.66. The first kappa shape index (κ1) is 13.3. The maximum absolute atomic E-state index is 3.64. The summed E-state index contributed by atoms with van der Waals surface area (Å²) in [5.74, 6) is 0.788. The van der Waals surface area contributed by atoms with Gasteiger partial charge in [-0.2, -0.15) is 0 Å². The van der Waals surface area contributed by atoms with Gasteiger partial charge in [0.15, 0.2) is 0 Å². The van der Waals surface area contributed by atoms with Crippen molar-refractivity contribution in [2.45, 2.75) is 45.2 Å². The SMILES string of the molecule is CCC1CN(CC(C)CNC2CC2)CCN1C. The Kier molecular flexibility index (Phi) is 4.83. The molecule has 3 nitrogen and oxygen atoms in total. The molecule has 100 valence electrons. The first-order valence-corrected chi connectivity index (χ1v) is 7.35. The third-order valence-corrected chi connectivity index (χ3v) is 4.23. The molecule has 2 fully saturated rings. The first-order valence-electron chi connectivity index (χ1n) is 7.35. The molecule has 0 spiro atoms. The summed E-state index contributed by atoms with van der Waals surface area (Å²) in [5, 5.41) is 3.64. The lowest BCUT2D eigenvalue weighted by atomic mass is 10.1. The lowest BCUT2D eigenvalue weighted by Gasteiger charge is -2.40. The molecule has 17 heavy (non-hydrogen) atoms. The van der Waals surface area contributed by atoms with Crippen molar-refractivity contribution in [3.63, 3.8) is 0 Å². The Morgan fingerprint density at radius 3 is 2.71 bits per heavy atom. The average molecular weight is 239 g/mol. The van der Waals surface area contributed by atoms with Crippen LogP contribution in [0.1, 0.15) is 33.1 Å². The summed E-state index contributed by atoms with van der Waals surface area (Å²) in [6, 6.07) is 1.63. The number of nitrogens with one attached hydrogen (secondary N) is 1. The van der Waals surface area contributed by atoms with E-state index in [1.165, 1.54) is 52.0 Å². The number of nitrogens with zero attached hydrogens (tertiary/aromatic N) is 2. The lowest BCUT2D eigenvalue weighted by Crippen LogP contribution is -2.52. The van der Waals surface area contributed by atoms with E-state index in [0.29, 0.717) is 0 Å². The third-order valence-electron chi connectivity index (χ3n) is 4.23. The monoisotopic (exact) mass is 239 g/mol. The van der Waals surface area contributed by atoms with Crippen molar-refractivity contribution in [2.75, 3.05) is 39.8 Å². The molecule has 3 heteroatoms. The van der Waals surface area contributed by atoms with E-state index in [1.807, 2.05) is 0 Å². The Morgan fingerprint density at radius 2 is 2.06 bits per heavy atom. The van der Waals surface area contributed by atoms with Gasteiger partial charge in [0.1, 0.15) is 0 Å². The highest BCUT2D eigenvalue weighted by Gasteiger charge is 2.25. The molecule has 0 amide bonds. The summed E-state index contributed by atoms with van der Waals surface area (Å²) < 4.78 is 0. The van der Waals surface area contributed by atoms with E-state index < -0.39 is 0 Å². The number of hydrogen-bond donors (Lipinski definition) is 1. The van der Waals surface area contributed by atoms with Crippen molar-refractivity contribution < 1.29 is 0 Å². The molecule has 2 rings (SSSR count). The van der Waals surface area contributed by atoms with Crippen molar-refractivity contribution in [3.05, 3.63) is 0 Å². The fourth-order valence-electron chi connectivity index (χ4n) is 2.78. The third kappa shape index (κ3) is 4.23. The highest BCUT2D eigenvalue weighted by Crippen LogP contribution is 2.19. The minimum absolute atomic E-state index is 0.771. The quantitative estimate of drug-likeness (QED) is 0.756. The summed E-state index contributed by atoms with van der Waals surface area (Å²) in [4.78, 5) is 5.18. The molecule has 2 unspecified atom stereocenters. The normalized spacial score (nSPS) is 29.5. The van der Waals surface area contributed by atoms with Gasteiger partial charge in [0.2, 0.25) is 0 Å². The van der Waals surface area contributed by atoms with E-state index in [4.69, 9.17) is 0 Å². The van der Waals surface area contributed by atoms with Crippen LogP contribution in [-0.2, 0) is 0 Å². The molecule has 0 aromatic heterocycles. The van der Waals surface area contributed by atoms with Gasteiger partial charge in [-0.1, -0.05) is 13.8 Å². The summed E-state index contributed by atoms with van der Waals surface area (Å²) in [6.07, 6.45) is 4.08. The highest BCUT2D eigenvalue weighted by atomic mass is 15.3. The van der Waals surface area contributed by atoms with Gasteiger partial charge in [0.05, 0.1) is 0 Å². The molecule has 2 atom stereocenters. The highest BCUT2D eigenvalue weighted by molar-refractivity contribution is 4.83. The second kappa shape index (κ2) is 6.17. The second-order valence-corrected chi connectivity index (χ2v) is 6.09. The molecule has 0 radical (unpaired) electrons. The van der Waals surface area contributed by atoms with Crippen molar-refractivity contribution in [2.24, 2.45) is 5.92 Å². The first-order chi connectivity index (χ1) is 8.19. The summed E-state index contributed by atoms with van der Waals surface area (Å²) in [7, 11) is 2.27. The molecule has 0 aromatic carbocycles. The number of piperazine rings is 1. The standard InChI is InChI=1S/C14H29N3/c1-4-14-11-17(8-7-16(14)3)10-12(2)9-15-13-5-6-13/h12-15H,4-11H2,1-3H3. The van der Waals surface area contributed by atoms with Crippen LogP contribution in [-0.4, -0.2) is 61.7 Å². The Bertz CT molecular complexity index is 228. The molecule has 0 aromatic rings. The van der Waals surface area contributed by atoms with Gasteiger partial charge >= 0.3 is 0 Å². The van der Waals surface area contributed by atoms with Crippen LogP contribution in [0.2, 0.25) is 0 Å². The predicted octanol–water partition coefficient (Wildman–Crippen LogP) is 1.40. The van der Waals surface area contributed by atoms with Crippen LogP contribution in [0, 0.1) is 5.92 Å². The maximum atomic E-state index is 3.64. The largest absolute Gasteiger partial charge is 0.314 e. The van der Waals surface area contributed by atoms with Crippen LogP contribution in [0.5, 0.6) is 0 Å². The minimum atomic E-state index is 0.771. The van der Waals surface area contributed by atoms with Gasteiger partial charge in [0, 0.05) is 38.3 Å². The molecule has 1 heterocycles. The van der Waals surface area contributed by atoms with Crippen LogP contribution < -0.4 is 5.32 Å². The molecule has 1 aliphatic heterocycles. The van der Waals surface area contributed by atoms with Crippen LogP contribution in [0.25, 0.3) is 0 Å². The van der Waals surface area contributed by atoms with E-state index in [2.05, 4.69) is 36.0 Å². The van der Waals surface area contributed by atoms with Crippen molar-refractivity contribution >= 4 is 0 Å². The molecule has 1 saturated heterocycles. The van der Waals surface area contributed by atoms with E-state index in [-0.39, 0.29) is 0 Å². The van der Waals surface area contributed by atoms with Crippen molar-refractivity contribution in [1.82, 2.24) is 15.1 Å². The predicted molar refractivity (Wildman–Crippen MR) is 73.3 cm³/mol. The zero-order valence-electron chi connectivity index (χ0n) is 11.8. The van der Waals surface area contributed by atoms with Crippen molar-refractivity contribution in [3.8, 4) is 0 Å². The van der Waals surface area contributed by atoms with Crippen LogP contribution in [0.15, 0.2) is 0 Å². The van der Waals surface area contributed by atoms with E-state index >= 15 is 0 Å². The minimum Gasteiger partial charge on any atom is -0.314 e. The lowest BCUT2D eigenvalue weighted by molar-refractivity contribution is 0.0833. The Morgan fingerprint density at radius 1 is 1.29 bits per heavy atom. The van der Waals surface area contributed by atoms with Gasteiger partial charge in [-0.15, -0.1) is 0 Å². The van der Waals surface area contributed by atoms with Gasteiger partial charge < -0.3 is 15.1 Å². The summed E-state index contributed by atoms with van der Waals surface area (Å²) in [6.45, 7) is 10.9. The van der Waals surface area contributed by atoms with E-state index in [0.717, 1.165) is 18.0 Å².